The molecule has 0 aliphatic rings. The Kier molecular flexibility index (Phi) is 4.65. The molecule has 21 heavy (non-hydrogen) atoms. The molecule has 6 nitrogen and oxygen atoms in total. The first-order chi connectivity index (χ1) is 9.86. The molecule has 0 saturated carbocycles. The second kappa shape index (κ2) is 6.13. The zero-order valence-corrected chi connectivity index (χ0v) is 13.6. The van der Waals surface area contributed by atoms with E-state index in [0.29, 0.717) is 19.0 Å². The lowest BCUT2D eigenvalue weighted by atomic mass is 10.0. The fraction of sp³-hybridized carbons (Fsp3) is 0.385. The van der Waals surface area contributed by atoms with Crippen LogP contribution in [0.25, 0.3) is 11.4 Å². The molecule has 0 fully saturated rings. The molecule has 114 valence electrons. The number of ether oxygens (including phenoxy) is 1. The summed E-state index contributed by atoms with van der Waals surface area (Å²) in [6.45, 7) is 4.50. The number of benzene rings is 1. The Balaban J connectivity index is 2.67. The fourth-order valence-electron chi connectivity index (χ4n) is 2.21. The molecule has 1 aromatic heterocycles. The number of halogens is 1. The highest BCUT2D eigenvalue weighted by atomic mass is 35.7. The Morgan fingerprint density at radius 1 is 1.24 bits per heavy atom. The lowest BCUT2D eigenvalue weighted by Crippen LogP contribution is -2.12. The standard InChI is InChI=1S/C13H16ClN3O3S/c1-9-5-4-6-10(2)11(9)12-15-16-13(21(14,18)19)17(12)7-8-20-3/h4-6H,7-8H2,1-3H3. The van der Waals surface area contributed by atoms with E-state index in [1.807, 2.05) is 32.0 Å². The smallest absolute Gasteiger partial charge is 0.296 e. The van der Waals surface area contributed by atoms with Gasteiger partial charge in [-0.1, -0.05) is 18.2 Å². The summed E-state index contributed by atoms with van der Waals surface area (Å²) in [5, 5.41) is 7.49. The van der Waals surface area contributed by atoms with Crippen LogP contribution >= 0.6 is 10.7 Å². The summed E-state index contributed by atoms with van der Waals surface area (Å²) >= 11 is 0. The van der Waals surface area contributed by atoms with Crippen molar-refractivity contribution >= 4 is 19.7 Å². The van der Waals surface area contributed by atoms with Crippen molar-refractivity contribution in [1.82, 2.24) is 14.8 Å². The fourth-order valence-corrected chi connectivity index (χ4v) is 3.13. The van der Waals surface area contributed by atoms with Crippen molar-refractivity contribution < 1.29 is 13.2 Å². The van der Waals surface area contributed by atoms with Gasteiger partial charge in [0.25, 0.3) is 14.2 Å². The largest absolute Gasteiger partial charge is 0.383 e. The highest BCUT2D eigenvalue weighted by molar-refractivity contribution is 8.13. The van der Waals surface area contributed by atoms with E-state index < -0.39 is 9.05 Å². The van der Waals surface area contributed by atoms with Crippen LogP contribution in [0.4, 0.5) is 0 Å². The van der Waals surface area contributed by atoms with Gasteiger partial charge in [-0.05, 0) is 25.0 Å². The Bertz CT molecular complexity index is 736. The van der Waals surface area contributed by atoms with E-state index in [0.717, 1.165) is 16.7 Å². The van der Waals surface area contributed by atoms with Crippen LogP contribution in [0.3, 0.4) is 0 Å². The Labute approximate surface area is 128 Å². The maximum absolute atomic E-state index is 11.6. The summed E-state index contributed by atoms with van der Waals surface area (Å²) in [6, 6.07) is 5.81. The number of aryl methyl sites for hydroxylation is 2. The molecule has 0 N–H and O–H groups in total. The van der Waals surface area contributed by atoms with E-state index >= 15 is 0 Å². The van der Waals surface area contributed by atoms with Crippen molar-refractivity contribution in [2.45, 2.75) is 25.5 Å². The van der Waals surface area contributed by atoms with Crippen LogP contribution in [0.1, 0.15) is 11.1 Å². The first kappa shape index (κ1) is 15.9. The van der Waals surface area contributed by atoms with Crippen molar-refractivity contribution in [1.29, 1.82) is 0 Å². The predicted molar refractivity (Wildman–Crippen MR) is 79.8 cm³/mol. The highest BCUT2D eigenvalue weighted by Crippen LogP contribution is 2.28. The minimum atomic E-state index is -3.97. The monoisotopic (exact) mass is 329 g/mol. The molecule has 0 spiro atoms. The number of hydrogen-bond donors (Lipinski definition) is 0. The van der Waals surface area contributed by atoms with Gasteiger partial charge in [-0.2, -0.15) is 0 Å². The van der Waals surface area contributed by atoms with Gasteiger partial charge in [0.15, 0.2) is 5.82 Å². The second-order valence-corrected chi connectivity index (χ2v) is 7.11. The van der Waals surface area contributed by atoms with Crippen molar-refractivity contribution in [3.63, 3.8) is 0 Å². The molecule has 0 bridgehead atoms. The zero-order chi connectivity index (χ0) is 15.6. The number of methoxy groups -OCH3 is 1. The van der Waals surface area contributed by atoms with E-state index in [1.165, 1.54) is 11.7 Å². The third kappa shape index (κ3) is 3.25. The second-order valence-electron chi connectivity index (χ2n) is 4.66. The third-order valence-electron chi connectivity index (χ3n) is 3.16. The predicted octanol–water partition coefficient (Wildman–Crippen LogP) is 2.14. The summed E-state index contributed by atoms with van der Waals surface area (Å²) in [6.07, 6.45) is 0. The summed E-state index contributed by atoms with van der Waals surface area (Å²) in [5.74, 6) is 0.474. The molecular formula is C13H16ClN3O3S. The molecule has 2 rings (SSSR count). The summed E-state index contributed by atoms with van der Waals surface area (Å²) in [4.78, 5) is 0. The minimum Gasteiger partial charge on any atom is -0.383 e. The molecule has 1 aromatic carbocycles. The van der Waals surface area contributed by atoms with Crippen molar-refractivity contribution in [3.05, 3.63) is 29.3 Å². The molecule has 0 aliphatic heterocycles. The molecule has 8 heteroatoms. The van der Waals surface area contributed by atoms with Gasteiger partial charge in [0.2, 0.25) is 0 Å². The van der Waals surface area contributed by atoms with Gasteiger partial charge in [-0.15, -0.1) is 10.2 Å². The molecule has 0 atom stereocenters. The number of aromatic nitrogens is 3. The van der Waals surface area contributed by atoms with Crippen LogP contribution in [0, 0.1) is 13.8 Å². The molecule has 2 aromatic rings. The SMILES string of the molecule is COCCn1c(-c2c(C)cccc2C)nnc1S(=O)(=O)Cl. The number of rotatable bonds is 5. The first-order valence-corrected chi connectivity index (χ1v) is 8.60. The molecule has 0 saturated heterocycles. The molecule has 0 amide bonds. The van der Waals surface area contributed by atoms with Crippen LogP contribution in [-0.2, 0) is 20.3 Å². The summed E-state index contributed by atoms with van der Waals surface area (Å²) < 4.78 is 29.8. The third-order valence-corrected chi connectivity index (χ3v) is 4.31. The van der Waals surface area contributed by atoms with Crippen LogP contribution in [0.2, 0.25) is 0 Å². The van der Waals surface area contributed by atoms with Crippen molar-refractivity contribution in [3.8, 4) is 11.4 Å². The average molecular weight is 330 g/mol. The number of hydrogen-bond acceptors (Lipinski definition) is 5. The molecule has 0 aliphatic carbocycles. The molecule has 0 radical (unpaired) electrons. The van der Waals surface area contributed by atoms with E-state index in [9.17, 15) is 8.42 Å². The maximum atomic E-state index is 11.6. The van der Waals surface area contributed by atoms with Crippen LogP contribution in [0.15, 0.2) is 23.4 Å². The summed E-state index contributed by atoms with van der Waals surface area (Å²) in [5.41, 5.74) is 2.83. The normalized spacial score (nSPS) is 11.8. The Morgan fingerprint density at radius 2 is 1.86 bits per heavy atom. The first-order valence-electron chi connectivity index (χ1n) is 6.29. The Morgan fingerprint density at radius 3 is 2.38 bits per heavy atom. The zero-order valence-electron chi connectivity index (χ0n) is 12.0. The van der Waals surface area contributed by atoms with Gasteiger partial charge in [0, 0.05) is 23.4 Å². The van der Waals surface area contributed by atoms with E-state index in [2.05, 4.69) is 10.2 Å². The van der Waals surface area contributed by atoms with E-state index in [4.69, 9.17) is 15.4 Å². The van der Waals surface area contributed by atoms with Gasteiger partial charge in [0.05, 0.1) is 13.2 Å². The quantitative estimate of drug-likeness (QED) is 0.786. The van der Waals surface area contributed by atoms with Crippen LogP contribution in [-0.4, -0.2) is 36.9 Å². The van der Waals surface area contributed by atoms with Crippen molar-refractivity contribution in [2.24, 2.45) is 0 Å². The van der Waals surface area contributed by atoms with E-state index in [-0.39, 0.29) is 5.16 Å². The topological polar surface area (TPSA) is 74.1 Å². The van der Waals surface area contributed by atoms with Crippen LogP contribution < -0.4 is 0 Å². The minimum absolute atomic E-state index is 0.265. The van der Waals surface area contributed by atoms with Gasteiger partial charge >= 0.3 is 0 Å². The van der Waals surface area contributed by atoms with Gasteiger partial charge in [-0.3, -0.25) is 4.57 Å². The molecular weight excluding hydrogens is 314 g/mol. The maximum Gasteiger partial charge on any atom is 0.296 e. The lowest BCUT2D eigenvalue weighted by molar-refractivity contribution is 0.185. The summed E-state index contributed by atoms with van der Waals surface area (Å²) in [7, 11) is 3.00. The van der Waals surface area contributed by atoms with Gasteiger partial charge < -0.3 is 4.74 Å². The van der Waals surface area contributed by atoms with E-state index in [1.54, 1.807) is 0 Å². The Hall–Kier alpha value is -1.44. The lowest BCUT2D eigenvalue weighted by Gasteiger charge is -2.12. The molecule has 0 unspecified atom stereocenters. The number of nitrogens with zero attached hydrogens (tertiary/aromatic N) is 3. The average Bonchev–Trinajstić information content (AvgIpc) is 2.79. The van der Waals surface area contributed by atoms with Gasteiger partial charge in [0.1, 0.15) is 0 Å². The van der Waals surface area contributed by atoms with Crippen LogP contribution in [0.5, 0.6) is 0 Å². The highest BCUT2D eigenvalue weighted by Gasteiger charge is 2.24. The van der Waals surface area contributed by atoms with Gasteiger partial charge in [-0.25, -0.2) is 8.42 Å². The molecule has 1 heterocycles. The van der Waals surface area contributed by atoms with Crippen molar-refractivity contribution in [2.75, 3.05) is 13.7 Å².